The molecule has 3 aromatic carbocycles. The van der Waals surface area contributed by atoms with Gasteiger partial charge in [-0.1, -0.05) is 44.4 Å². The molecule has 5 nitrogen and oxygen atoms in total. The molecule has 0 spiro atoms. The quantitative estimate of drug-likeness (QED) is 0.197. The first-order valence-electron chi connectivity index (χ1n) is 10.9. The fourth-order valence-corrected chi connectivity index (χ4v) is 3.64. The van der Waals surface area contributed by atoms with Crippen molar-refractivity contribution in [1.29, 1.82) is 0 Å². The SMILES string of the molecule is CCCc1ccc(OCCCCCCC(=O)c2ccc3cc(O)c(O)cc3c2)cc1O. The van der Waals surface area contributed by atoms with Crippen LogP contribution in [0.5, 0.6) is 23.0 Å². The first-order valence-corrected chi connectivity index (χ1v) is 10.9. The predicted octanol–water partition coefficient (Wildman–Crippen LogP) is 6.12. The Morgan fingerprint density at radius 2 is 1.55 bits per heavy atom. The van der Waals surface area contributed by atoms with Gasteiger partial charge in [0.1, 0.15) is 11.5 Å². The number of phenols is 3. The van der Waals surface area contributed by atoms with Crippen molar-refractivity contribution in [1.82, 2.24) is 0 Å². The molecule has 0 aliphatic carbocycles. The van der Waals surface area contributed by atoms with E-state index in [1.807, 2.05) is 12.1 Å². The fourth-order valence-electron chi connectivity index (χ4n) is 3.64. The normalized spacial score (nSPS) is 11.0. The number of hydrogen-bond acceptors (Lipinski definition) is 5. The van der Waals surface area contributed by atoms with Gasteiger partial charge in [-0.3, -0.25) is 4.79 Å². The molecule has 0 aliphatic rings. The molecule has 3 rings (SSSR count). The zero-order chi connectivity index (χ0) is 22.2. The Balaban J connectivity index is 1.37. The minimum Gasteiger partial charge on any atom is -0.508 e. The van der Waals surface area contributed by atoms with Gasteiger partial charge >= 0.3 is 0 Å². The molecule has 164 valence electrons. The van der Waals surface area contributed by atoms with Crippen LogP contribution in [0.2, 0.25) is 0 Å². The van der Waals surface area contributed by atoms with Crippen LogP contribution in [0.3, 0.4) is 0 Å². The lowest BCUT2D eigenvalue weighted by Gasteiger charge is -2.09. The molecule has 0 atom stereocenters. The molecule has 0 saturated heterocycles. The van der Waals surface area contributed by atoms with Crippen LogP contribution >= 0.6 is 0 Å². The van der Waals surface area contributed by atoms with Gasteiger partial charge in [0.05, 0.1) is 6.61 Å². The summed E-state index contributed by atoms with van der Waals surface area (Å²) >= 11 is 0. The third-order valence-electron chi connectivity index (χ3n) is 5.40. The highest BCUT2D eigenvalue weighted by atomic mass is 16.5. The number of aryl methyl sites for hydroxylation is 1. The summed E-state index contributed by atoms with van der Waals surface area (Å²) in [7, 11) is 0. The largest absolute Gasteiger partial charge is 0.508 e. The van der Waals surface area contributed by atoms with Gasteiger partial charge < -0.3 is 20.1 Å². The molecule has 0 amide bonds. The standard InChI is InChI=1S/C26H30O5/c1-2-7-18-11-12-22(17-24(18)28)31-13-6-4-3-5-8-23(27)20-10-9-19-15-25(29)26(30)16-21(19)14-20/h9-12,14-17,28-30H,2-8,13H2,1H3. The van der Waals surface area contributed by atoms with Gasteiger partial charge in [-0.2, -0.15) is 0 Å². The molecule has 3 N–H and O–H groups in total. The van der Waals surface area contributed by atoms with Gasteiger partial charge in [-0.05, 0) is 59.9 Å². The second kappa shape index (κ2) is 10.7. The topological polar surface area (TPSA) is 87.0 Å². The first-order chi connectivity index (χ1) is 15.0. The van der Waals surface area contributed by atoms with Gasteiger partial charge in [0.15, 0.2) is 17.3 Å². The molecule has 3 aromatic rings. The van der Waals surface area contributed by atoms with E-state index in [0.717, 1.165) is 54.9 Å². The third-order valence-corrected chi connectivity index (χ3v) is 5.40. The summed E-state index contributed by atoms with van der Waals surface area (Å²) < 4.78 is 5.71. The molecule has 0 aromatic heterocycles. The van der Waals surface area contributed by atoms with Gasteiger partial charge in [0.25, 0.3) is 0 Å². The number of phenolic OH excluding ortho intramolecular Hbond substituents is 3. The van der Waals surface area contributed by atoms with Crippen molar-refractivity contribution in [2.24, 2.45) is 0 Å². The van der Waals surface area contributed by atoms with Crippen molar-refractivity contribution in [3.8, 4) is 23.0 Å². The summed E-state index contributed by atoms with van der Waals surface area (Å²) in [6.07, 6.45) is 5.94. The number of carbonyl (C=O) groups is 1. The van der Waals surface area contributed by atoms with Crippen LogP contribution in [0.1, 0.15) is 61.4 Å². The van der Waals surface area contributed by atoms with E-state index >= 15 is 0 Å². The minimum absolute atomic E-state index is 0.0772. The summed E-state index contributed by atoms with van der Waals surface area (Å²) in [6.45, 7) is 2.67. The van der Waals surface area contributed by atoms with Crippen molar-refractivity contribution in [3.05, 3.63) is 59.7 Å². The average molecular weight is 423 g/mol. The van der Waals surface area contributed by atoms with Crippen LogP contribution in [-0.4, -0.2) is 27.7 Å². The second-order valence-electron chi connectivity index (χ2n) is 7.88. The number of ketones is 1. The van der Waals surface area contributed by atoms with Gasteiger partial charge in [0, 0.05) is 18.1 Å². The number of Topliss-reactive ketones (excluding diaryl/α,β-unsaturated/α-hetero) is 1. The van der Waals surface area contributed by atoms with Gasteiger partial charge in [-0.25, -0.2) is 0 Å². The van der Waals surface area contributed by atoms with E-state index in [4.69, 9.17) is 4.74 Å². The van der Waals surface area contributed by atoms with Gasteiger partial charge in [-0.15, -0.1) is 0 Å². The van der Waals surface area contributed by atoms with Crippen LogP contribution in [-0.2, 0) is 6.42 Å². The Kier molecular flexibility index (Phi) is 7.76. The summed E-state index contributed by atoms with van der Waals surface area (Å²) in [4.78, 5) is 12.5. The minimum atomic E-state index is -0.188. The van der Waals surface area contributed by atoms with Crippen LogP contribution in [0.15, 0.2) is 48.5 Å². The molecule has 5 heteroatoms. The van der Waals surface area contributed by atoms with Crippen molar-refractivity contribution < 1.29 is 24.9 Å². The van der Waals surface area contributed by atoms with Crippen molar-refractivity contribution >= 4 is 16.6 Å². The van der Waals surface area contributed by atoms with E-state index in [2.05, 4.69) is 6.92 Å². The molecule has 31 heavy (non-hydrogen) atoms. The second-order valence-corrected chi connectivity index (χ2v) is 7.88. The van der Waals surface area contributed by atoms with Crippen molar-refractivity contribution in [3.63, 3.8) is 0 Å². The fraction of sp³-hybridized carbons (Fsp3) is 0.346. The molecular formula is C26H30O5. The number of benzene rings is 3. The summed E-state index contributed by atoms with van der Waals surface area (Å²) in [5.74, 6) is 0.697. The number of hydrogen-bond donors (Lipinski definition) is 3. The number of carbonyl (C=O) groups excluding carboxylic acids is 1. The van der Waals surface area contributed by atoms with Gasteiger partial charge in [0.2, 0.25) is 0 Å². The maximum atomic E-state index is 12.5. The Bertz CT molecular complexity index is 1040. The third kappa shape index (κ3) is 6.14. The van der Waals surface area contributed by atoms with Crippen molar-refractivity contribution in [2.75, 3.05) is 6.61 Å². The molecule has 0 unspecified atom stereocenters. The van der Waals surface area contributed by atoms with Crippen LogP contribution in [0.4, 0.5) is 0 Å². The maximum Gasteiger partial charge on any atom is 0.162 e. The molecule has 0 radical (unpaired) electrons. The summed E-state index contributed by atoms with van der Waals surface area (Å²) in [6, 6.07) is 13.7. The van der Waals surface area contributed by atoms with E-state index < -0.39 is 0 Å². The number of ether oxygens (including phenoxy) is 1. The van der Waals surface area contributed by atoms with E-state index in [9.17, 15) is 20.1 Å². The molecular weight excluding hydrogens is 392 g/mol. The Morgan fingerprint density at radius 3 is 2.29 bits per heavy atom. The van der Waals surface area contributed by atoms with E-state index in [-0.39, 0.29) is 17.3 Å². The number of unbranched alkanes of at least 4 members (excludes halogenated alkanes) is 3. The van der Waals surface area contributed by atoms with Crippen LogP contribution < -0.4 is 4.74 Å². The summed E-state index contributed by atoms with van der Waals surface area (Å²) in [5, 5.41) is 30.7. The van der Waals surface area contributed by atoms with E-state index in [1.165, 1.54) is 12.1 Å². The Hall–Kier alpha value is -3.21. The lowest BCUT2D eigenvalue weighted by Crippen LogP contribution is -2.00. The highest BCUT2D eigenvalue weighted by molar-refractivity contribution is 6.00. The highest BCUT2D eigenvalue weighted by Crippen LogP contribution is 2.31. The number of rotatable bonds is 11. The lowest BCUT2D eigenvalue weighted by molar-refractivity contribution is 0.0979. The molecule has 0 bridgehead atoms. The maximum absolute atomic E-state index is 12.5. The average Bonchev–Trinajstić information content (AvgIpc) is 2.75. The Morgan fingerprint density at radius 1 is 0.806 bits per heavy atom. The van der Waals surface area contributed by atoms with E-state index in [1.54, 1.807) is 24.3 Å². The zero-order valence-corrected chi connectivity index (χ0v) is 17.9. The smallest absolute Gasteiger partial charge is 0.162 e. The number of aromatic hydroxyl groups is 3. The first kappa shape index (κ1) is 22.5. The molecule has 0 fully saturated rings. The molecule has 0 aliphatic heterocycles. The predicted molar refractivity (Wildman–Crippen MR) is 122 cm³/mol. The van der Waals surface area contributed by atoms with Crippen molar-refractivity contribution in [2.45, 2.75) is 51.9 Å². The number of fused-ring (bicyclic) bond motifs is 1. The monoisotopic (exact) mass is 422 g/mol. The summed E-state index contributed by atoms with van der Waals surface area (Å²) in [5.41, 5.74) is 1.56. The molecule has 0 heterocycles. The highest BCUT2D eigenvalue weighted by Gasteiger charge is 2.09. The van der Waals surface area contributed by atoms with E-state index in [0.29, 0.717) is 30.1 Å². The lowest BCUT2D eigenvalue weighted by atomic mass is 10.0. The van der Waals surface area contributed by atoms with Crippen LogP contribution in [0, 0.1) is 0 Å². The Labute approximate surface area is 182 Å². The molecule has 0 saturated carbocycles. The van der Waals surface area contributed by atoms with Crippen LogP contribution in [0.25, 0.3) is 10.8 Å². The zero-order valence-electron chi connectivity index (χ0n) is 17.9.